The maximum absolute atomic E-state index is 12.2. The Bertz CT molecular complexity index is 481. The topological polar surface area (TPSA) is 71.1 Å². The fraction of sp³-hybridized carbons (Fsp3) is 0.556. The van der Waals surface area contributed by atoms with Crippen LogP contribution in [-0.2, 0) is 18.9 Å². The molecule has 0 saturated carbocycles. The predicted octanol–water partition coefficient (Wildman–Crippen LogP) is 2.85. The molecule has 0 fully saturated rings. The first-order chi connectivity index (χ1) is 11.5. The normalized spacial score (nSPS) is 13.2. The molecule has 134 valence electrons. The van der Waals surface area contributed by atoms with E-state index in [0.29, 0.717) is 12.8 Å². The van der Waals surface area contributed by atoms with E-state index in [1.807, 2.05) is 13.8 Å². The number of hydrogen-bond donors (Lipinski definition) is 0. The van der Waals surface area contributed by atoms with E-state index in [2.05, 4.69) is 0 Å². The van der Waals surface area contributed by atoms with Gasteiger partial charge in [-0.25, -0.2) is 9.59 Å². The molecule has 0 saturated heterocycles. The molecule has 1 aromatic carbocycles. The zero-order valence-corrected chi connectivity index (χ0v) is 14.7. The maximum atomic E-state index is 12.2. The zero-order valence-electron chi connectivity index (χ0n) is 14.7. The fourth-order valence-electron chi connectivity index (χ4n) is 1.87. The highest BCUT2D eigenvalue weighted by Crippen LogP contribution is 2.13. The van der Waals surface area contributed by atoms with Crippen molar-refractivity contribution >= 4 is 11.9 Å². The van der Waals surface area contributed by atoms with Gasteiger partial charge in [-0.3, -0.25) is 0 Å². The number of carbonyl (C=O) groups is 2. The molecule has 0 aromatic heterocycles. The van der Waals surface area contributed by atoms with Gasteiger partial charge in [-0.1, -0.05) is 12.1 Å². The van der Waals surface area contributed by atoms with Crippen LogP contribution in [0.4, 0.5) is 0 Å². The number of carbonyl (C=O) groups excluding carboxylic acids is 2. The third-order valence-corrected chi connectivity index (χ3v) is 3.69. The summed E-state index contributed by atoms with van der Waals surface area (Å²) in [6.07, 6.45) is 1.18. The van der Waals surface area contributed by atoms with Crippen molar-refractivity contribution in [3.8, 4) is 0 Å². The van der Waals surface area contributed by atoms with E-state index in [1.54, 1.807) is 38.5 Å². The van der Waals surface area contributed by atoms with Crippen molar-refractivity contribution in [3.05, 3.63) is 35.4 Å². The van der Waals surface area contributed by atoms with Gasteiger partial charge in [0.25, 0.3) is 0 Å². The van der Waals surface area contributed by atoms with Crippen LogP contribution >= 0.6 is 0 Å². The van der Waals surface area contributed by atoms with E-state index < -0.39 is 11.9 Å². The van der Waals surface area contributed by atoms with E-state index in [0.717, 1.165) is 0 Å². The average molecular weight is 338 g/mol. The van der Waals surface area contributed by atoms with Crippen molar-refractivity contribution in [2.24, 2.45) is 0 Å². The molecular formula is C18H26O6. The first kappa shape index (κ1) is 20.1. The second kappa shape index (κ2) is 10.8. The summed E-state index contributed by atoms with van der Waals surface area (Å²) in [4.78, 5) is 24.4. The molecule has 6 heteroatoms. The molecule has 24 heavy (non-hydrogen) atoms. The molecule has 0 aliphatic carbocycles. The van der Waals surface area contributed by atoms with Crippen LogP contribution in [-0.4, -0.2) is 51.6 Å². The van der Waals surface area contributed by atoms with Crippen molar-refractivity contribution in [1.29, 1.82) is 0 Å². The van der Waals surface area contributed by atoms with Gasteiger partial charge in [0.1, 0.15) is 0 Å². The molecule has 2 atom stereocenters. The van der Waals surface area contributed by atoms with Gasteiger partial charge in [0, 0.05) is 27.1 Å². The summed E-state index contributed by atoms with van der Waals surface area (Å²) in [7, 11) is 3.20. The fourth-order valence-corrected chi connectivity index (χ4v) is 1.87. The predicted molar refractivity (Wildman–Crippen MR) is 89.2 cm³/mol. The van der Waals surface area contributed by atoms with Crippen LogP contribution in [0, 0.1) is 0 Å². The quantitative estimate of drug-likeness (QED) is 0.611. The van der Waals surface area contributed by atoms with Gasteiger partial charge in [0.2, 0.25) is 0 Å². The summed E-state index contributed by atoms with van der Waals surface area (Å²) < 4.78 is 20.6. The highest BCUT2D eigenvalue weighted by molar-refractivity contribution is 6.03. The molecule has 0 aliphatic heterocycles. The Morgan fingerprint density at radius 3 is 1.54 bits per heavy atom. The van der Waals surface area contributed by atoms with E-state index in [4.69, 9.17) is 18.9 Å². The number of ether oxygens (including phenoxy) is 4. The SMILES string of the molecule is CO[C@@H](C)CCOC(=O)c1ccccc1C(=O)OCC[C@H](C)OC. The molecule has 0 spiro atoms. The molecule has 0 bridgehead atoms. The van der Waals surface area contributed by atoms with Crippen LogP contribution in [0.25, 0.3) is 0 Å². The third kappa shape index (κ3) is 6.68. The van der Waals surface area contributed by atoms with Gasteiger partial charge < -0.3 is 18.9 Å². The lowest BCUT2D eigenvalue weighted by molar-refractivity contribution is 0.0347. The Hall–Kier alpha value is -1.92. The van der Waals surface area contributed by atoms with E-state index in [9.17, 15) is 9.59 Å². The van der Waals surface area contributed by atoms with Crippen LogP contribution in [0.15, 0.2) is 24.3 Å². The third-order valence-electron chi connectivity index (χ3n) is 3.69. The highest BCUT2D eigenvalue weighted by atomic mass is 16.5. The first-order valence-corrected chi connectivity index (χ1v) is 7.98. The average Bonchev–Trinajstić information content (AvgIpc) is 2.60. The van der Waals surface area contributed by atoms with Gasteiger partial charge >= 0.3 is 11.9 Å². The zero-order chi connectivity index (χ0) is 17.9. The molecular weight excluding hydrogens is 312 g/mol. The first-order valence-electron chi connectivity index (χ1n) is 7.98. The lowest BCUT2D eigenvalue weighted by Crippen LogP contribution is -2.17. The van der Waals surface area contributed by atoms with E-state index in [1.165, 1.54) is 0 Å². The minimum atomic E-state index is -0.545. The van der Waals surface area contributed by atoms with Crippen molar-refractivity contribution < 1.29 is 28.5 Å². The molecule has 6 nitrogen and oxygen atoms in total. The Balaban J connectivity index is 2.63. The lowest BCUT2D eigenvalue weighted by atomic mass is 10.1. The Morgan fingerprint density at radius 2 is 1.21 bits per heavy atom. The monoisotopic (exact) mass is 338 g/mol. The van der Waals surface area contributed by atoms with Crippen molar-refractivity contribution in [2.75, 3.05) is 27.4 Å². The number of rotatable bonds is 10. The Labute approximate surface area is 143 Å². The van der Waals surface area contributed by atoms with Crippen molar-refractivity contribution in [3.63, 3.8) is 0 Å². The standard InChI is InChI=1S/C18H26O6/c1-13(21-3)9-11-23-17(19)15-7-5-6-8-16(15)18(20)24-12-10-14(2)22-4/h5-8,13-14H,9-12H2,1-4H3/t13-,14-/m0/s1. The summed E-state index contributed by atoms with van der Waals surface area (Å²) in [5.41, 5.74) is 0.403. The maximum Gasteiger partial charge on any atom is 0.339 e. The molecule has 0 aliphatic rings. The summed E-state index contributed by atoms with van der Waals surface area (Å²) in [6.45, 7) is 4.23. The molecule has 0 amide bonds. The summed E-state index contributed by atoms with van der Waals surface area (Å²) in [5.74, 6) is -1.09. The molecule has 0 unspecified atom stereocenters. The number of benzene rings is 1. The summed E-state index contributed by atoms with van der Waals surface area (Å²) >= 11 is 0. The van der Waals surface area contributed by atoms with Crippen molar-refractivity contribution in [2.45, 2.75) is 38.9 Å². The van der Waals surface area contributed by atoms with Crippen molar-refractivity contribution in [1.82, 2.24) is 0 Å². The number of hydrogen-bond acceptors (Lipinski definition) is 6. The van der Waals surface area contributed by atoms with E-state index >= 15 is 0 Å². The van der Waals surface area contributed by atoms with Crippen LogP contribution in [0.1, 0.15) is 47.4 Å². The van der Waals surface area contributed by atoms with Gasteiger partial charge in [0.15, 0.2) is 0 Å². The largest absolute Gasteiger partial charge is 0.462 e. The van der Waals surface area contributed by atoms with Crippen LogP contribution in [0.5, 0.6) is 0 Å². The number of esters is 2. The highest BCUT2D eigenvalue weighted by Gasteiger charge is 2.19. The minimum absolute atomic E-state index is 0.000725. The van der Waals surface area contributed by atoms with Gasteiger partial charge in [-0.15, -0.1) is 0 Å². The van der Waals surface area contributed by atoms with Gasteiger partial charge in [-0.05, 0) is 26.0 Å². The molecule has 0 N–H and O–H groups in total. The second-order valence-corrected chi connectivity index (χ2v) is 5.49. The van der Waals surface area contributed by atoms with Gasteiger partial charge in [-0.2, -0.15) is 0 Å². The number of methoxy groups -OCH3 is 2. The minimum Gasteiger partial charge on any atom is -0.462 e. The van der Waals surface area contributed by atoms with Crippen LogP contribution in [0.2, 0.25) is 0 Å². The Kier molecular flexibility index (Phi) is 9.04. The molecule has 0 heterocycles. The Morgan fingerprint density at radius 1 is 0.833 bits per heavy atom. The summed E-state index contributed by atoms with van der Waals surface area (Å²) in [5, 5.41) is 0. The van der Waals surface area contributed by atoms with Gasteiger partial charge in [0.05, 0.1) is 36.5 Å². The van der Waals surface area contributed by atoms with E-state index in [-0.39, 0.29) is 36.5 Å². The second-order valence-electron chi connectivity index (χ2n) is 5.49. The van der Waals surface area contributed by atoms with Crippen LogP contribution < -0.4 is 0 Å². The smallest absolute Gasteiger partial charge is 0.339 e. The van der Waals surface area contributed by atoms with Crippen LogP contribution in [0.3, 0.4) is 0 Å². The lowest BCUT2D eigenvalue weighted by Gasteiger charge is -2.12. The summed E-state index contributed by atoms with van der Waals surface area (Å²) in [6, 6.07) is 6.46. The molecule has 1 rings (SSSR count). The molecule has 1 aromatic rings. The molecule has 0 radical (unpaired) electrons.